The van der Waals surface area contributed by atoms with Crippen LogP contribution in [0.3, 0.4) is 0 Å². The van der Waals surface area contributed by atoms with E-state index in [1.807, 2.05) is 6.92 Å². The van der Waals surface area contributed by atoms with Crippen molar-refractivity contribution < 1.29 is 14.3 Å². The van der Waals surface area contributed by atoms with Gasteiger partial charge in [-0.15, -0.1) is 11.3 Å². The number of hydrogen-bond donors (Lipinski definition) is 1. The van der Waals surface area contributed by atoms with Gasteiger partial charge in [0.2, 0.25) is 5.91 Å². The van der Waals surface area contributed by atoms with E-state index in [1.54, 1.807) is 11.3 Å². The number of aryl methyl sites for hydroxylation is 2. The molecule has 1 aromatic rings. The first-order chi connectivity index (χ1) is 10.7. The standard InChI is InChI=1S/C16H24N2O3S/c1-11(16-18-13-6-2-3-7-14(13)22-16)17-15(19)10-20-9-12-5-4-8-21-12/h11-12H,2-10H2,1H3,(H,17,19)/t11-,12+/m0/s1. The summed E-state index contributed by atoms with van der Waals surface area (Å²) in [6.07, 6.45) is 6.99. The van der Waals surface area contributed by atoms with Gasteiger partial charge in [-0.2, -0.15) is 0 Å². The Balaban J connectivity index is 1.43. The molecule has 0 aromatic carbocycles. The zero-order chi connectivity index (χ0) is 15.4. The minimum atomic E-state index is -0.0846. The molecule has 2 atom stereocenters. The van der Waals surface area contributed by atoms with Crippen molar-refractivity contribution >= 4 is 17.2 Å². The Hall–Kier alpha value is -0.980. The summed E-state index contributed by atoms with van der Waals surface area (Å²) in [6, 6.07) is -0.0468. The van der Waals surface area contributed by atoms with Crippen LogP contribution in [-0.4, -0.2) is 36.8 Å². The molecule has 3 rings (SSSR count). The molecule has 1 N–H and O–H groups in total. The van der Waals surface area contributed by atoms with E-state index in [-0.39, 0.29) is 24.7 Å². The average molecular weight is 324 g/mol. The Kier molecular flexibility index (Phi) is 5.44. The average Bonchev–Trinajstić information content (AvgIpc) is 3.16. The van der Waals surface area contributed by atoms with E-state index in [1.165, 1.54) is 23.4 Å². The number of hydrogen-bond acceptors (Lipinski definition) is 5. The molecule has 6 heteroatoms. The number of thiazole rings is 1. The van der Waals surface area contributed by atoms with Gasteiger partial charge in [0, 0.05) is 11.5 Å². The van der Waals surface area contributed by atoms with Crippen LogP contribution in [0.5, 0.6) is 0 Å². The molecule has 1 saturated heterocycles. The molecule has 0 spiro atoms. The van der Waals surface area contributed by atoms with Crippen LogP contribution in [0.1, 0.15) is 54.2 Å². The normalized spacial score (nSPS) is 22.3. The molecule has 0 radical (unpaired) electrons. The van der Waals surface area contributed by atoms with Crippen molar-refractivity contribution in [3.8, 4) is 0 Å². The van der Waals surface area contributed by atoms with Crippen molar-refractivity contribution in [1.29, 1.82) is 0 Å². The van der Waals surface area contributed by atoms with Crippen LogP contribution in [0.4, 0.5) is 0 Å². The molecular formula is C16H24N2O3S. The maximum Gasteiger partial charge on any atom is 0.246 e. The second-order valence-electron chi connectivity index (χ2n) is 6.07. The van der Waals surface area contributed by atoms with E-state index in [9.17, 15) is 4.79 Å². The van der Waals surface area contributed by atoms with Gasteiger partial charge in [0.1, 0.15) is 11.6 Å². The summed E-state index contributed by atoms with van der Waals surface area (Å²) in [6.45, 7) is 3.40. The fraction of sp³-hybridized carbons (Fsp3) is 0.750. The SMILES string of the molecule is C[C@H](NC(=O)COC[C@H]1CCCO1)c1nc2c(s1)CCCC2. The van der Waals surface area contributed by atoms with Crippen LogP contribution < -0.4 is 5.32 Å². The number of rotatable bonds is 6. The topological polar surface area (TPSA) is 60.5 Å². The van der Waals surface area contributed by atoms with Gasteiger partial charge in [0.25, 0.3) is 0 Å². The number of ether oxygens (including phenoxy) is 2. The fourth-order valence-electron chi connectivity index (χ4n) is 2.96. The summed E-state index contributed by atoms with van der Waals surface area (Å²) in [5.74, 6) is -0.0846. The van der Waals surface area contributed by atoms with Crippen molar-refractivity contribution in [2.75, 3.05) is 19.8 Å². The van der Waals surface area contributed by atoms with Gasteiger partial charge in [-0.3, -0.25) is 4.79 Å². The number of amides is 1. The van der Waals surface area contributed by atoms with Gasteiger partial charge in [0.15, 0.2) is 0 Å². The molecule has 0 unspecified atom stereocenters. The molecule has 1 fully saturated rings. The molecule has 2 aliphatic rings. The molecular weight excluding hydrogens is 300 g/mol. The lowest BCUT2D eigenvalue weighted by atomic mass is 10.0. The first-order valence-corrected chi connectivity index (χ1v) is 9.01. The van der Waals surface area contributed by atoms with E-state index in [2.05, 4.69) is 5.32 Å². The summed E-state index contributed by atoms with van der Waals surface area (Å²) in [5, 5.41) is 3.99. The van der Waals surface area contributed by atoms with Gasteiger partial charge in [-0.25, -0.2) is 4.98 Å². The van der Waals surface area contributed by atoms with Crippen molar-refractivity contribution in [1.82, 2.24) is 10.3 Å². The van der Waals surface area contributed by atoms with Crippen LogP contribution in [0, 0.1) is 0 Å². The number of fused-ring (bicyclic) bond motifs is 1. The monoisotopic (exact) mass is 324 g/mol. The minimum absolute atomic E-state index is 0.0468. The van der Waals surface area contributed by atoms with E-state index in [0.717, 1.165) is 37.3 Å². The highest BCUT2D eigenvalue weighted by atomic mass is 32.1. The highest BCUT2D eigenvalue weighted by molar-refractivity contribution is 7.11. The van der Waals surface area contributed by atoms with Gasteiger partial charge in [0.05, 0.1) is 24.4 Å². The van der Waals surface area contributed by atoms with Crippen LogP contribution >= 0.6 is 11.3 Å². The van der Waals surface area contributed by atoms with Crippen molar-refractivity contribution in [3.05, 3.63) is 15.6 Å². The largest absolute Gasteiger partial charge is 0.376 e. The lowest BCUT2D eigenvalue weighted by Crippen LogP contribution is -2.31. The van der Waals surface area contributed by atoms with Gasteiger partial charge < -0.3 is 14.8 Å². The Morgan fingerprint density at radius 1 is 1.45 bits per heavy atom. The summed E-state index contributed by atoms with van der Waals surface area (Å²) >= 11 is 1.74. The maximum absolute atomic E-state index is 11.9. The lowest BCUT2D eigenvalue weighted by molar-refractivity contribution is -0.127. The lowest BCUT2D eigenvalue weighted by Gasteiger charge is -2.13. The van der Waals surface area contributed by atoms with E-state index >= 15 is 0 Å². The predicted octanol–water partition coefficient (Wildman–Crippen LogP) is 2.39. The Morgan fingerprint density at radius 3 is 3.09 bits per heavy atom. The molecule has 0 saturated carbocycles. The van der Waals surface area contributed by atoms with Gasteiger partial charge >= 0.3 is 0 Å². The molecule has 122 valence electrons. The third-order valence-corrected chi connectivity index (χ3v) is 5.51. The second-order valence-corrected chi connectivity index (χ2v) is 7.18. The summed E-state index contributed by atoms with van der Waals surface area (Å²) in [4.78, 5) is 18.0. The van der Waals surface area contributed by atoms with Crippen LogP contribution in [0.25, 0.3) is 0 Å². The molecule has 1 aliphatic carbocycles. The molecule has 1 amide bonds. The molecule has 5 nitrogen and oxygen atoms in total. The highest BCUT2D eigenvalue weighted by Gasteiger charge is 2.20. The fourth-order valence-corrected chi connectivity index (χ4v) is 4.12. The van der Waals surface area contributed by atoms with E-state index in [0.29, 0.717) is 6.61 Å². The Labute approximate surface area is 135 Å². The molecule has 1 aliphatic heterocycles. The van der Waals surface area contributed by atoms with Crippen molar-refractivity contribution in [3.63, 3.8) is 0 Å². The zero-order valence-corrected chi connectivity index (χ0v) is 13.9. The van der Waals surface area contributed by atoms with Gasteiger partial charge in [-0.1, -0.05) is 0 Å². The number of carbonyl (C=O) groups is 1. The number of nitrogens with one attached hydrogen (secondary N) is 1. The molecule has 1 aromatic heterocycles. The summed E-state index contributed by atoms with van der Waals surface area (Å²) < 4.78 is 10.9. The Bertz CT molecular complexity index is 488. The molecule has 2 heterocycles. The third kappa shape index (κ3) is 4.06. The highest BCUT2D eigenvalue weighted by Crippen LogP contribution is 2.29. The third-order valence-electron chi connectivity index (χ3n) is 4.17. The summed E-state index contributed by atoms with van der Waals surface area (Å²) in [5.41, 5.74) is 1.24. The minimum Gasteiger partial charge on any atom is -0.376 e. The van der Waals surface area contributed by atoms with E-state index in [4.69, 9.17) is 14.5 Å². The number of nitrogens with zero attached hydrogens (tertiary/aromatic N) is 1. The quantitative estimate of drug-likeness (QED) is 0.873. The Morgan fingerprint density at radius 2 is 2.32 bits per heavy atom. The predicted molar refractivity (Wildman–Crippen MR) is 85.1 cm³/mol. The first kappa shape index (κ1) is 15.9. The van der Waals surface area contributed by atoms with Gasteiger partial charge in [-0.05, 0) is 45.4 Å². The molecule has 22 heavy (non-hydrogen) atoms. The first-order valence-electron chi connectivity index (χ1n) is 8.19. The second kappa shape index (κ2) is 7.53. The smallest absolute Gasteiger partial charge is 0.246 e. The van der Waals surface area contributed by atoms with Crippen LogP contribution in [-0.2, 0) is 27.1 Å². The van der Waals surface area contributed by atoms with Crippen molar-refractivity contribution in [2.24, 2.45) is 0 Å². The maximum atomic E-state index is 11.9. The molecule has 0 bridgehead atoms. The van der Waals surface area contributed by atoms with E-state index < -0.39 is 0 Å². The number of aromatic nitrogens is 1. The summed E-state index contributed by atoms with van der Waals surface area (Å²) in [7, 11) is 0. The van der Waals surface area contributed by atoms with Crippen molar-refractivity contribution in [2.45, 2.75) is 57.6 Å². The van der Waals surface area contributed by atoms with Crippen LogP contribution in [0.15, 0.2) is 0 Å². The zero-order valence-electron chi connectivity index (χ0n) is 13.1. The van der Waals surface area contributed by atoms with Crippen LogP contribution in [0.2, 0.25) is 0 Å². The number of carbonyl (C=O) groups excluding carboxylic acids is 1.